The first kappa shape index (κ1) is 15.4. The minimum Gasteiger partial charge on any atom is -0.494 e. The minimum atomic E-state index is -0.625. The Morgan fingerprint density at radius 3 is 2.83 bits per heavy atom. The third kappa shape index (κ3) is 2.86. The fourth-order valence-corrected chi connectivity index (χ4v) is 2.23. The van der Waals surface area contributed by atoms with Gasteiger partial charge in [0, 0.05) is 13.2 Å². The first-order valence-electron chi connectivity index (χ1n) is 7.00. The van der Waals surface area contributed by atoms with Crippen LogP contribution in [0.4, 0.5) is 11.5 Å². The second-order valence-electron chi connectivity index (χ2n) is 4.90. The topological polar surface area (TPSA) is 121 Å². The number of nitrogens with one attached hydrogen (secondary N) is 1. The van der Waals surface area contributed by atoms with Gasteiger partial charge in [0.15, 0.2) is 11.6 Å². The summed E-state index contributed by atoms with van der Waals surface area (Å²) in [5, 5.41) is 7.33. The summed E-state index contributed by atoms with van der Waals surface area (Å²) in [7, 11) is 3.33. The van der Waals surface area contributed by atoms with E-state index in [1.165, 1.54) is 12.5 Å². The molecule has 9 nitrogen and oxygen atoms in total. The van der Waals surface area contributed by atoms with Crippen molar-refractivity contribution in [3.63, 3.8) is 0 Å². The van der Waals surface area contributed by atoms with Gasteiger partial charge < -0.3 is 15.8 Å². The maximum atomic E-state index is 11.5. The van der Waals surface area contributed by atoms with E-state index in [1.54, 1.807) is 31.2 Å². The number of aromatic nitrogens is 5. The number of anilines is 2. The highest BCUT2D eigenvalue weighted by atomic mass is 16.5. The van der Waals surface area contributed by atoms with Crippen LogP contribution in [0.15, 0.2) is 37.1 Å². The van der Waals surface area contributed by atoms with Crippen LogP contribution < -0.4 is 15.8 Å². The second-order valence-corrected chi connectivity index (χ2v) is 4.90. The number of hydrogen-bond acceptors (Lipinski definition) is 7. The van der Waals surface area contributed by atoms with E-state index in [9.17, 15) is 4.79 Å². The number of carbonyl (C=O) groups is 1. The van der Waals surface area contributed by atoms with E-state index in [0.29, 0.717) is 28.6 Å². The number of nitrogens with two attached hydrogens (primary N) is 1. The molecule has 2 aromatic heterocycles. The molecule has 0 bridgehead atoms. The van der Waals surface area contributed by atoms with Gasteiger partial charge in [0.1, 0.15) is 24.0 Å². The highest BCUT2D eigenvalue weighted by Crippen LogP contribution is 2.36. The van der Waals surface area contributed by atoms with Crippen molar-refractivity contribution in [2.24, 2.45) is 12.8 Å². The Kier molecular flexibility index (Phi) is 4.06. The Hall–Kier alpha value is -3.49. The number of aryl methyl sites for hydroxylation is 1. The van der Waals surface area contributed by atoms with Gasteiger partial charge in [0.2, 0.25) is 0 Å². The molecule has 0 aliphatic heterocycles. The van der Waals surface area contributed by atoms with Crippen LogP contribution in [0.3, 0.4) is 0 Å². The average molecular weight is 325 g/mol. The van der Waals surface area contributed by atoms with Crippen molar-refractivity contribution in [1.29, 1.82) is 0 Å². The number of methoxy groups -OCH3 is 1. The van der Waals surface area contributed by atoms with Crippen LogP contribution in [-0.4, -0.2) is 37.7 Å². The maximum Gasteiger partial charge on any atom is 0.254 e. The lowest BCUT2D eigenvalue weighted by Gasteiger charge is -2.14. The van der Waals surface area contributed by atoms with Crippen molar-refractivity contribution < 1.29 is 9.53 Å². The standard InChI is InChI=1S/C15H15N7O2/c1-22-8-19-15(21-22)9-4-3-5-11(12(9)24-2)20-14-10(13(16)23)6-17-7-18-14/h3-8H,1-2H3,(H2,16,23)(H,17,18,20). The molecule has 0 saturated heterocycles. The van der Waals surface area contributed by atoms with Crippen molar-refractivity contribution >= 4 is 17.4 Å². The minimum absolute atomic E-state index is 0.181. The Morgan fingerprint density at radius 1 is 1.33 bits per heavy atom. The summed E-state index contributed by atoms with van der Waals surface area (Å²) in [6.07, 6.45) is 4.28. The summed E-state index contributed by atoms with van der Waals surface area (Å²) >= 11 is 0. The van der Waals surface area contributed by atoms with Gasteiger partial charge in [-0.3, -0.25) is 9.48 Å². The fourth-order valence-electron chi connectivity index (χ4n) is 2.23. The number of rotatable bonds is 5. The largest absolute Gasteiger partial charge is 0.494 e. The molecule has 0 radical (unpaired) electrons. The van der Waals surface area contributed by atoms with E-state index in [-0.39, 0.29) is 5.56 Å². The lowest BCUT2D eigenvalue weighted by molar-refractivity contribution is 0.100. The summed E-state index contributed by atoms with van der Waals surface area (Å²) in [5.74, 6) is 0.718. The molecule has 3 N–H and O–H groups in total. The second kappa shape index (κ2) is 6.32. The molecule has 0 atom stereocenters. The van der Waals surface area contributed by atoms with Crippen molar-refractivity contribution in [3.8, 4) is 17.1 Å². The first-order valence-corrected chi connectivity index (χ1v) is 7.00. The molecule has 0 aliphatic rings. The van der Waals surface area contributed by atoms with E-state index < -0.39 is 5.91 Å². The molecule has 3 aromatic rings. The van der Waals surface area contributed by atoms with Crippen molar-refractivity contribution in [2.45, 2.75) is 0 Å². The third-order valence-electron chi connectivity index (χ3n) is 3.29. The number of primary amides is 1. The first-order chi connectivity index (χ1) is 11.6. The van der Waals surface area contributed by atoms with Crippen LogP contribution >= 0.6 is 0 Å². The normalized spacial score (nSPS) is 10.4. The zero-order chi connectivity index (χ0) is 17.1. The number of para-hydroxylation sites is 1. The quantitative estimate of drug-likeness (QED) is 0.721. The van der Waals surface area contributed by atoms with Crippen LogP contribution in [0.2, 0.25) is 0 Å². The van der Waals surface area contributed by atoms with Crippen molar-refractivity contribution in [1.82, 2.24) is 24.7 Å². The van der Waals surface area contributed by atoms with E-state index in [4.69, 9.17) is 10.5 Å². The molecule has 122 valence electrons. The molecule has 0 aliphatic carbocycles. The van der Waals surface area contributed by atoms with Crippen LogP contribution in [0.25, 0.3) is 11.4 Å². The molecular formula is C15H15N7O2. The van der Waals surface area contributed by atoms with Gasteiger partial charge in [-0.25, -0.2) is 15.0 Å². The number of nitrogens with zero attached hydrogens (tertiary/aromatic N) is 5. The molecule has 2 heterocycles. The molecule has 0 spiro atoms. The van der Waals surface area contributed by atoms with Crippen molar-refractivity contribution in [3.05, 3.63) is 42.6 Å². The predicted octanol–water partition coefficient (Wildman–Crippen LogP) is 1.12. The van der Waals surface area contributed by atoms with Gasteiger partial charge in [-0.2, -0.15) is 5.10 Å². The van der Waals surface area contributed by atoms with E-state index in [0.717, 1.165) is 0 Å². The lowest BCUT2D eigenvalue weighted by Crippen LogP contribution is -2.14. The zero-order valence-electron chi connectivity index (χ0n) is 13.1. The van der Waals surface area contributed by atoms with Crippen LogP contribution in [-0.2, 0) is 7.05 Å². The van der Waals surface area contributed by atoms with Gasteiger partial charge >= 0.3 is 0 Å². The molecule has 9 heteroatoms. The Morgan fingerprint density at radius 2 is 2.17 bits per heavy atom. The molecule has 0 fully saturated rings. The summed E-state index contributed by atoms with van der Waals surface area (Å²) in [6, 6.07) is 5.45. The van der Waals surface area contributed by atoms with E-state index in [2.05, 4.69) is 25.4 Å². The molecule has 24 heavy (non-hydrogen) atoms. The SMILES string of the molecule is COc1c(Nc2ncncc2C(N)=O)cccc1-c1ncn(C)n1. The molecule has 0 saturated carbocycles. The average Bonchev–Trinajstić information content (AvgIpc) is 3.01. The number of ether oxygens (including phenoxy) is 1. The zero-order valence-corrected chi connectivity index (χ0v) is 13.1. The Labute approximate surface area is 137 Å². The number of benzene rings is 1. The number of carbonyl (C=O) groups excluding carboxylic acids is 1. The molecule has 1 amide bonds. The van der Waals surface area contributed by atoms with Crippen LogP contribution in [0.5, 0.6) is 5.75 Å². The Balaban J connectivity index is 2.05. The fraction of sp³-hybridized carbons (Fsp3) is 0.133. The van der Waals surface area contributed by atoms with Gasteiger partial charge in [-0.05, 0) is 12.1 Å². The monoisotopic (exact) mass is 325 g/mol. The summed E-state index contributed by atoms with van der Waals surface area (Å²) in [4.78, 5) is 23.6. The molecule has 3 rings (SSSR count). The molecular weight excluding hydrogens is 310 g/mol. The smallest absolute Gasteiger partial charge is 0.254 e. The Bertz CT molecular complexity index is 891. The van der Waals surface area contributed by atoms with Crippen LogP contribution in [0, 0.1) is 0 Å². The summed E-state index contributed by atoms with van der Waals surface area (Å²) in [5.41, 5.74) is 6.84. The van der Waals surface area contributed by atoms with Gasteiger partial charge in [-0.15, -0.1) is 0 Å². The lowest BCUT2D eigenvalue weighted by atomic mass is 10.1. The highest BCUT2D eigenvalue weighted by Gasteiger charge is 2.16. The predicted molar refractivity (Wildman–Crippen MR) is 86.8 cm³/mol. The molecule has 0 unspecified atom stereocenters. The van der Waals surface area contributed by atoms with Gasteiger partial charge in [-0.1, -0.05) is 6.07 Å². The summed E-state index contributed by atoms with van der Waals surface area (Å²) < 4.78 is 7.10. The van der Waals surface area contributed by atoms with Gasteiger partial charge in [0.05, 0.1) is 18.4 Å². The maximum absolute atomic E-state index is 11.5. The number of amides is 1. The van der Waals surface area contributed by atoms with E-state index >= 15 is 0 Å². The number of hydrogen-bond donors (Lipinski definition) is 2. The van der Waals surface area contributed by atoms with Crippen molar-refractivity contribution in [2.75, 3.05) is 12.4 Å². The highest BCUT2D eigenvalue weighted by molar-refractivity contribution is 5.98. The molecule has 1 aromatic carbocycles. The van der Waals surface area contributed by atoms with Crippen LogP contribution in [0.1, 0.15) is 10.4 Å². The van der Waals surface area contributed by atoms with Gasteiger partial charge in [0.25, 0.3) is 5.91 Å². The van der Waals surface area contributed by atoms with E-state index in [1.807, 2.05) is 12.1 Å². The third-order valence-corrected chi connectivity index (χ3v) is 3.29. The summed E-state index contributed by atoms with van der Waals surface area (Å²) in [6.45, 7) is 0.